The van der Waals surface area contributed by atoms with Crippen molar-refractivity contribution in [3.8, 4) is 6.07 Å². The number of nitriles is 1. The average Bonchev–Trinajstić information content (AvgIpc) is 2.92. The molecule has 1 aliphatic carbocycles. The number of nitrogens with one attached hydrogen (secondary N) is 1. The Hall–Kier alpha value is -2.74. The molecule has 1 N–H and O–H groups in total. The predicted octanol–water partition coefficient (Wildman–Crippen LogP) is 7.12. The van der Waals surface area contributed by atoms with Crippen LogP contribution in [0, 0.1) is 22.2 Å². The van der Waals surface area contributed by atoms with Crippen LogP contribution in [0.1, 0.15) is 74.6 Å². The van der Waals surface area contributed by atoms with Gasteiger partial charge in [0, 0.05) is 31.7 Å². The molecule has 1 unspecified atom stereocenters. The Morgan fingerprint density at radius 3 is 2.46 bits per heavy atom. The van der Waals surface area contributed by atoms with Crippen LogP contribution in [0.5, 0.6) is 0 Å². The molecule has 0 amide bonds. The summed E-state index contributed by atoms with van der Waals surface area (Å²) in [6.45, 7) is 12.7. The molecule has 0 bridgehead atoms. The van der Waals surface area contributed by atoms with E-state index in [1.807, 2.05) is 6.08 Å². The largest absolute Gasteiger partial charge is 0.304 e. The van der Waals surface area contributed by atoms with Crippen LogP contribution in [0.2, 0.25) is 0 Å². The fourth-order valence-electron chi connectivity index (χ4n) is 6.24. The van der Waals surface area contributed by atoms with E-state index in [0.29, 0.717) is 30.6 Å². The van der Waals surface area contributed by atoms with E-state index < -0.39 is 5.41 Å². The molecule has 35 heavy (non-hydrogen) atoms. The molecule has 1 aliphatic heterocycles. The molecule has 4 heteroatoms. The van der Waals surface area contributed by atoms with Crippen molar-refractivity contribution in [3.05, 3.63) is 66.3 Å². The molecule has 1 saturated carbocycles. The molecule has 0 spiro atoms. The molecule has 184 valence electrons. The van der Waals surface area contributed by atoms with Crippen LogP contribution in [-0.2, 0) is 6.54 Å². The molecule has 2 aromatic carbocycles. The summed E-state index contributed by atoms with van der Waals surface area (Å²) in [6, 6.07) is 14.5. The summed E-state index contributed by atoms with van der Waals surface area (Å²) in [5, 5.41) is 20.6. The highest BCUT2D eigenvalue weighted by Gasteiger charge is 2.37. The zero-order valence-corrected chi connectivity index (χ0v) is 21.5. The minimum atomic E-state index is -0.685. The molecule has 0 aromatic heterocycles. The van der Waals surface area contributed by atoms with Gasteiger partial charge in [-0.15, -0.1) is 0 Å². The molecule has 2 aliphatic rings. The zero-order chi connectivity index (χ0) is 25.0. The van der Waals surface area contributed by atoms with Gasteiger partial charge in [0.2, 0.25) is 0 Å². The first-order chi connectivity index (χ1) is 16.9. The minimum absolute atomic E-state index is 0.321. The lowest BCUT2D eigenvalue weighted by Gasteiger charge is -2.38. The van der Waals surface area contributed by atoms with Gasteiger partial charge < -0.3 is 5.41 Å². The summed E-state index contributed by atoms with van der Waals surface area (Å²) in [7, 11) is 2.30. The smallest absolute Gasteiger partial charge is 0.101 e. The average molecular weight is 469 g/mol. The lowest BCUT2D eigenvalue weighted by Crippen LogP contribution is -2.42. The van der Waals surface area contributed by atoms with E-state index in [1.54, 1.807) is 0 Å². The van der Waals surface area contributed by atoms with Gasteiger partial charge in [-0.2, -0.15) is 5.26 Å². The second-order valence-corrected chi connectivity index (χ2v) is 10.5. The first-order valence-electron chi connectivity index (χ1n) is 13.2. The quantitative estimate of drug-likeness (QED) is 0.420. The number of fused-ring (bicyclic) bond motifs is 1. The number of benzene rings is 2. The van der Waals surface area contributed by atoms with E-state index in [1.165, 1.54) is 65.6 Å². The summed E-state index contributed by atoms with van der Waals surface area (Å²) >= 11 is 0. The fourth-order valence-corrected chi connectivity index (χ4v) is 6.24. The molecule has 1 atom stereocenters. The summed E-state index contributed by atoms with van der Waals surface area (Å²) in [4.78, 5) is 5.02. The Morgan fingerprint density at radius 2 is 1.86 bits per heavy atom. The monoisotopic (exact) mass is 468 g/mol. The highest BCUT2D eigenvalue weighted by molar-refractivity contribution is 5.99. The standard InChI is InChI=1S/C31H40N4/c1-5-24-20-25(21-35-18-16-31(22-32,17-19-35)29(33)6-2)27-14-10-11-15-28(27)30(24)23(3)34(4)26-12-8-7-9-13-26/h5-6,10-11,14-15,20,23,26,33H,1-2,7-9,12-13,16-19,21H2,3-4H3. The SMILES string of the molecule is C=CC(=N)C1(C#N)CCN(Cc2cc(C=C)c(C(C)N(C)C3CCCCC3)c3ccccc23)CC1. The minimum Gasteiger partial charge on any atom is -0.304 e. The number of likely N-dealkylation sites (tertiary alicyclic amines) is 1. The third-order valence-electron chi connectivity index (χ3n) is 8.64. The predicted molar refractivity (Wildman–Crippen MR) is 148 cm³/mol. The summed E-state index contributed by atoms with van der Waals surface area (Å²) in [5.74, 6) is 0. The lowest BCUT2D eigenvalue weighted by atomic mass is 9.75. The second kappa shape index (κ2) is 10.9. The van der Waals surface area contributed by atoms with Gasteiger partial charge in [-0.05, 0) is 79.3 Å². The van der Waals surface area contributed by atoms with Gasteiger partial charge >= 0.3 is 0 Å². The van der Waals surface area contributed by atoms with Gasteiger partial charge in [0.25, 0.3) is 0 Å². The maximum absolute atomic E-state index is 9.78. The molecule has 1 heterocycles. The van der Waals surface area contributed by atoms with E-state index in [2.05, 4.69) is 73.3 Å². The van der Waals surface area contributed by atoms with Gasteiger partial charge in [-0.1, -0.05) is 62.8 Å². The first kappa shape index (κ1) is 25.4. The Bertz CT molecular complexity index is 1130. The van der Waals surface area contributed by atoms with Crippen LogP contribution < -0.4 is 0 Å². The van der Waals surface area contributed by atoms with Crippen LogP contribution in [0.3, 0.4) is 0 Å². The Balaban J connectivity index is 1.63. The third kappa shape index (κ3) is 4.99. The molecule has 2 fully saturated rings. The Kier molecular flexibility index (Phi) is 7.89. The second-order valence-electron chi connectivity index (χ2n) is 10.5. The van der Waals surface area contributed by atoms with Crippen molar-refractivity contribution in [2.75, 3.05) is 20.1 Å². The van der Waals surface area contributed by atoms with Crippen molar-refractivity contribution in [1.82, 2.24) is 9.80 Å². The van der Waals surface area contributed by atoms with Gasteiger partial charge in [-0.25, -0.2) is 0 Å². The Morgan fingerprint density at radius 1 is 1.20 bits per heavy atom. The molecular weight excluding hydrogens is 428 g/mol. The van der Waals surface area contributed by atoms with E-state index in [-0.39, 0.29) is 0 Å². The van der Waals surface area contributed by atoms with Crippen LogP contribution in [0.15, 0.2) is 49.6 Å². The molecule has 2 aromatic rings. The summed E-state index contributed by atoms with van der Waals surface area (Å²) in [6.07, 6.45) is 11.6. The number of piperidine rings is 1. The van der Waals surface area contributed by atoms with Crippen molar-refractivity contribution in [2.24, 2.45) is 5.41 Å². The highest BCUT2D eigenvalue weighted by Crippen LogP contribution is 2.38. The number of nitrogens with zero attached hydrogens (tertiary/aromatic N) is 3. The van der Waals surface area contributed by atoms with Gasteiger partial charge in [0.15, 0.2) is 0 Å². The van der Waals surface area contributed by atoms with Crippen LogP contribution in [0.4, 0.5) is 0 Å². The van der Waals surface area contributed by atoms with Crippen LogP contribution >= 0.6 is 0 Å². The fraction of sp³-hybridized carbons (Fsp3) is 0.484. The van der Waals surface area contributed by atoms with E-state index in [9.17, 15) is 5.26 Å². The maximum Gasteiger partial charge on any atom is 0.101 e. The molecule has 4 nitrogen and oxygen atoms in total. The van der Waals surface area contributed by atoms with Gasteiger partial charge in [0.1, 0.15) is 5.41 Å². The van der Waals surface area contributed by atoms with Crippen molar-refractivity contribution in [2.45, 2.75) is 70.5 Å². The number of hydrogen-bond donors (Lipinski definition) is 1. The number of allylic oxidation sites excluding steroid dienone is 1. The Labute approximate surface area is 211 Å². The van der Waals surface area contributed by atoms with Crippen molar-refractivity contribution < 1.29 is 0 Å². The van der Waals surface area contributed by atoms with Crippen molar-refractivity contribution >= 4 is 22.6 Å². The van der Waals surface area contributed by atoms with E-state index >= 15 is 0 Å². The highest BCUT2D eigenvalue weighted by atomic mass is 15.2. The van der Waals surface area contributed by atoms with Crippen LogP contribution in [-0.4, -0.2) is 41.7 Å². The van der Waals surface area contributed by atoms with E-state index in [4.69, 9.17) is 5.41 Å². The lowest BCUT2D eigenvalue weighted by molar-refractivity contribution is 0.147. The summed E-state index contributed by atoms with van der Waals surface area (Å²) < 4.78 is 0. The van der Waals surface area contributed by atoms with Crippen molar-refractivity contribution in [3.63, 3.8) is 0 Å². The topological polar surface area (TPSA) is 54.1 Å². The van der Waals surface area contributed by atoms with Crippen molar-refractivity contribution in [1.29, 1.82) is 10.7 Å². The van der Waals surface area contributed by atoms with Crippen LogP contribution in [0.25, 0.3) is 16.8 Å². The van der Waals surface area contributed by atoms with Gasteiger partial charge in [-0.3, -0.25) is 9.80 Å². The number of hydrogen-bond acceptors (Lipinski definition) is 4. The summed E-state index contributed by atoms with van der Waals surface area (Å²) in [5.41, 5.74) is 3.60. The maximum atomic E-state index is 9.78. The number of rotatable bonds is 8. The third-order valence-corrected chi connectivity index (χ3v) is 8.64. The molecule has 1 saturated heterocycles. The molecule has 0 radical (unpaired) electrons. The van der Waals surface area contributed by atoms with Gasteiger partial charge in [0.05, 0.1) is 11.8 Å². The molecule has 4 rings (SSSR count). The zero-order valence-electron chi connectivity index (χ0n) is 21.5. The van der Waals surface area contributed by atoms with E-state index in [0.717, 1.165) is 19.6 Å². The first-order valence-corrected chi connectivity index (χ1v) is 13.2. The molecular formula is C31H40N4. The normalized spacial score (nSPS) is 19.8.